The second-order valence-electron chi connectivity index (χ2n) is 7.34. The minimum absolute atomic E-state index is 0.425. The van der Waals surface area contributed by atoms with Gasteiger partial charge in [-0.05, 0) is 57.0 Å². The molecule has 4 rings (SSSR count). The summed E-state index contributed by atoms with van der Waals surface area (Å²) >= 11 is 0. The molecule has 0 N–H and O–H groups in total. The van der Waals surface area contributed by atoms with Gasteiger partial charge in [0.15, 0.2) is 0 Å². The third-order valence-electron chi connectivity index (χ3n) is 5.50. The second kappa shape index (κ2) is 7.46. The first kappa shape index (κ1) is 17.0. The van der Waals surface area contributed by atoms with Gasteiger partial charge < -0.3 is 4.57 Å². The van der Waals surface area contributed by atoms with Crippen molar-refractivity contribution in [2.45, 2.75) is 45.7 Å². The normalized spacial score (nSPS) is 18.2. The highest BCUT2D eigenvalue weighted by molar-refractivity contribution is 5.41. The van der Waals surface area contributed by atoms with Crippen LogP contribution in [0.3, 0.4) is 0 Å². The van der Waals surface area contributed by atoms with Crippen LogP contribution in [0, 0.1) is 13.8 Å². The van der Waals surface area contributed by atoms with Gasteiger partial charge in [0.25, 0.3) is 0 Å². The van der Waals surface area contributed by atoms with E-state index < -0.39 is 0 Å². The molecular formula is C23H27N3. The second-order valence-corrected chi connectivity index (χ2v) is 7.34. The van der Waals surface area contributed by atoms with E-state index in [9.17, 15) is 0 Å². The molecule has 3 heteroatoms. The first-order valence-electron chi connectivity index (χ1n) is 9.62. The van der Waals surface area contributed by atoms with Crippen LogP contribution in [-0.4, -0.2) is 21.0 Å². The molecule has 134 valence electrons. The topological polar surface area (TPSA) is 21.1 Å². The Bertz CT molecular complexity index is 847. The number of aromatic nitrogens is 2. The highest BCUT2D eigenvalue weighted by Gasteiger charge is 2.27. The third-order valence-corrected chi connectivity index (χ3v) is 5.50. The molecule has 0 spiro atoms. The van der Waals surface area contributed by atoms with Gasteiger partial charge in [-0.15, -0.1) is 0 Å². The summed E-state index contributed by atoms with van der Waals surface area (Å²) < 4.78 is 2.30. The maximum absolute atomic E-state index is 4.80. The maximum Gasteiger partial charge on any atom is 0.141 e. The lowest BCUT2D eigenvalue weighted by molar-refractivity contribution is 0.140. The summed E-state index contributed by atoms with van der Waals surface area (Å²) in [5.74, 6) is 1.09. The molecular weight excluding hydrogens is 318 g/mol. The number of hydrogen-bond donors (Lipinski definition) is 0. The van der Waals surface area contributed by atoms with Crippen molar-refractivity contribution in [3.8, 4) is 5.82 Å². The fourth-order valence-electron chi connectivity index (χ4n) is 4.21. The largest absolute Gasteiger partial charge is 0.303 e. The molecule has 0 unspecified atom stereocenters. The fraction of sp³-hybridized carbons (Fsp3) is 0.348. The molecule has 0 amide bonds. The molecule has 1 aliphatic heterocycles. The third kappa shape index (κ3) is 3.32. The van der Waals surface area contributed by atoms with Gasteiger partial charge >= 0.3 is 0 Å². The number of benzene rings is 1. The van der Waals surface area contributed by atoms with Crippen LogP contribution in [-0.2, 0) is 6.54 Å². The smallest absolute Gasteiger partial charge is 0.141 e. The summed E-state index contributed by atoms with van der Waals surface area (Å²) in [5.41, 5.74) is 5.23. The van der Waals surface area contributed by atoms with Crippen LogP contribution in [0.25, 0.3) is 5.82 Å². The van der Waals surface area contributed by atoms with Gasteiger partial charge in [0.1, 0.15) is 5.82 Å². The van der Waals surface area contributed by atoms with E-state index in [1.165, 1.54) is 41.8 Å². The van der Waals surface area contributed by atoms with Crippen molar-refractivity contribution in [1.82, 2.24) is 14.5 Å². The van der Waals surface area contributed by atoms with Crippen LogP contribution in [0.5, 0.6) is 0 Å². The number of piperidine rings is 1. The molecule has 0 bridgehead atoms. The Kier molecular flexibility index (Phi) is 4.89. The summed E-state index contributed by atoms with van der Waals surface area (Å²) in [5, 5.41) is 0. The SMILES string of the molecule is Cc1ccc(C)n1-c1ncccc1[C@H]1CCCCN1Cc1ccccc1. The standard InChI is InChI=1S/C23H27N3/c1-18-13-14-19(2)26(18)23-21(11-8-15-24-23)22-12-6-7-16-25(22)17-20-9-4-3-5-10-20/h3-5,8-11,13-15,22H,6-7,12,16-17H2,1-2H3/t22-/m1/s1. The number of hydrogen-bond acceptors (Lipinski definition) is 2. The summed E-state index contributed by atoms with van der Waals surface area (Å²) in [6.07, 6.45) is 5.68. The number of pyridine rings is 1. The molecule has 3 nitrogen and oxygen atoms in total. The van der Waals surface area contributed by atoms with Crippen LogP contribution in [0.15, 0.2) is 60.8 Å². The van der Waals surface area contributed by atoms with E-state index in [1.54, 1.807) is 0 Å². The molecule has 1 atom stereocenters. The average molecular weight is 345 g/mol. The van der Waals surface area contributed by atoms with Crippen molar-refractivity contribution in [1.29, 1.82) is 0 Å². The predicted octanol–water partition coefficient (Wildman–Crippen LogP) is 5.22. The predicted molar refractivity (Wildman–Crippen MR) is 106 cm³/mol. The Morgan fingerprint density at radius 2 is 1.69 bits per heavy atom. The summed E-state index contributed by atoms with van der Waals surface area (Å²) in [6.45, 7) is 6.48. The minimum Gasteiger partial charge on any atom is -0.303 e. The summed E-state index contributed by atoms with van der Waals surface area (Å²) in [4.78, 5) is 7.43. The molecule has 26 heavy (non-hydrogen) atoms. The molecule has 0 aliphatic carbocycles. The quantitative estimate of drug-likeness (QED) is 0.647. The molecule has 1 aliphatic rings. The Morgan fingerprint density at radius 1 is 0.923 bits per heavy atom. The van der Waals surface area contributed by atoms with E-state index in [0.717, 1.165) is 18.9 Å². The summed E-state index contributed by atoms with van der Waals surface area (Å²) in [6, 6.07) is 20.0. The molecule has 1 aromatic carbocycles. The van der Waals surface area contributed by atoms with E-state index in [0.29, 0.717) is 6.04 Å². The lowest BCUT2D eigenvalue weighted by Crippen LogP contribution is -2.33. The van der Waals surface area contributed by atoms with Gasteiger partial charge in [0, 0.05) is 35.7 Å². The Balaban J connectivity index is 1.71. The molecule has 2 aromatic heterocycles. The lowest BCUT2D eigenvalue weighted by atomic mass is 9.94. The molecule has 1 saturated heterocycles. The Hall–Kier alpha value is -2.39. The number of rotatable bonds is 4. The monoisotopic (exact) mass is 345 g/mol. The van der Waals surface area contributed by atoms with Crippen molar-refractivity contribution in [3.05, 3.63) is 83.3 Å². The van der Waals surface area contributed by atoms with Gasteiger partial charge in [-0.2, -0.15) is 0 Å². The van der Waals surface area contributed by atoms with Crippen LogP contribution < -0.4 is 0 Å². The highest BCUT2D eigenvalue weighted by atomic mass is 15.2. The van der Waals surface area contributed by atoms with Crippen LogP contribution >= 0.6 is 0 Å². The van der Waals surface area contributed by atoms with Crippen molar-refractivity contribution < 1.29 is 0 Å². The lowest BCUT2D eigenvalue weighted by Gasteiger charge is -2.37. The van der Waals surface area contributed by atoms with Gasteiger partial charge in [0.2, 0.25) is 0 Å². The van der Waals surface area contributed by atoms with Gasteiger partial charge in [0.05, 0.1) is 0 Å². The van der Waals surface area contributed by atoms with Crippen molar-refractivity contribution >= 4 is 0 Å². The highest BCUT2D eigenvalue weighted by Crippen LogP contribution is 2.35. The van der Waals surface area contributed by atoms with Gasteiger partial charge in [-0.3, -0.25) is 4.90 Å². The van der Waals surface area contributed by atoms with Crippen molar-refractivity contribution in [2.75, 3.05) is 6.54 Å². The Labute approximate surface area is 156 Å². The minimum atomic E-state index is 0.425. The Morgan fingerprint density at radius 3 is 2.46 bits per heavy atom. The molecule has 3 heterocycles. The average Bonchev–Trinajstić information content (AvgIpc) is 3.01. The van der Waals surface area contributed by atoms with E-state index in [-0.39, 0.29) is 0 Å². The van der Waals surface area contributed by atoms with Gasteiger partial charge in [-0.25, -0.2) is 4.98 Å². The molecule has 0 radical (unpaired) electrons. The zero-order chi connectivity index (χ0) is 17.9. The van der Waals surface area contributed by atoms with Crippen LogP contribution in [0.1, 0.15) is 47.8 Å². The van der Waals surface area contributed by atoms with Crippen molar-refractivity contribution in [3.63, 3.8) is 0 Å². The maximum atomic E-state index is 4.80. The zero-order valence-electron chi connectivity index (χ0n) is 15.7. The molecule has 3 aromatic rings. The number of nitrogens with zero attached hydrogens (tertiary/aromatic N) is 3. The van der Waals surface area contributed by atoms with E-state index in [1.807, 2.05) is 6.20 Å². The first-order chi connectivity index (χ1) is 12.7. The van der Waals surface area contributed by atoms with Crippen molar-refractivity contribution in [2.24, 2.45) is 0 Å². The van der Waals surface area contributed by atoms with E-state index >= 15 is 0 Å². The zero-order valence-corrected chi connectivity index (χ0v) is 15.7. The van der Waals surface area contributed by atoms with E-state index in [2.05, 4.69) is 77.9 Å². The molecule has 1 fully saturated rings. The van der Waals surface area contributed by atoms with E-state index in [4.69, 9.17) is 4.98 Å². The van der Waals surface area contributed by atoms with Gasteiger partial charge in [-0.1, -0.05) is 42.8 Å². The number of aryl methyl sites for hydroxylation is 2. The summed E-state index contributed by atoms with van der Waals surface area (Å²) in [7, 11) is 0. The van der Waals surface area contributed by atoms with Crippen LogP contribution in [0.2, 0.25) is 0 Å². The van der Waals surface area contributed by atoms with Crippen LogP contribution in [0.4, 0.5) is 0 Å². The molecule has 0 saturated carbocycles. The fourth-order valence-corrected chi connectivity index (χ4v) is 4.21. The number of likely N-dealkylation sites (tertiary alicyclic amines) is 1. The first-order valence-corrected chi connectivity index (χ1v) is 9.62.